The Balaban J connectivity index is 1.27. The van der Waals surface area contributed by atoms with Crippen LogP contribution in [0.1, 0.15) is 26.8 Å². The number of aryl methyl sites for hydroxylation is 1. The molecule has 1 fully saturated rings. The van der Waals surface area contributed by atoms with Crippen LogP contribution in [0.5, 0.6) is 0 Å². The summed E-state index contributed by atoms with van der Waals surface area (Å²) in [7, 11) is 0. The van der Waals surface area contributed by atoms with Crippen LogP contribution < -0.4 is 0 Å². The summed E-state index contributed by atoms with van der Waals surface area (Å²) in [6.45, 7) is 6.13. The first-order valence-corrected chi connectivity index (χ1v) is 11.6. The number of aromatic nitrogens is 2. The number of nitrogens with zero attached hydrogens (tertiary/aromatic N) is 4. The van der Waals surface area contributed by atoms with Crippen molar-refractivity contribution in [3.8, 4) is 0 Å². The largest absolute Gasteiger partial charge is 0.336 e. The van der Waals surface area contributed by atoms with Crippen LogP contribution in [0, 0.1) is 6.92 Å². The number of rotatable bonds is 6. The summed E-state index contributed by atoms with van der Waals surface area (Å²) in [5, 5.41) is 3.20. The zero-order valence-electron chi connectivity index (χ0n) is 16.5. The van der Waals surface area contributed by atoms with Gasteiger partial charge < -0.3 is 4.90 Å². The number of benzene rings is 1. The van der Waals surface area contributed by atoms with Gasteiger partial charge in [0.15, 0.2) is 0 Å². The van der Waals surface area contributed by atoms with Gasteiger partial charge in [-0.25, -0.2) is 4.98 Å². The molecule has 1 aliphatic heterocycles. The van der Waals surface area contributed by atoms with Crippen LogP contribution in [0.4, 0.5) is 0 Å². The molecule has 2 aromatic heterocycles. The standard InChI is InChI=1S/C22H24N4OS2/c1-17-24-20(15-28-17)16-29-21-7-5-18(6-8-21)22(27)26-12-10-25(11-13-26)14-19-4-2-3-9-23-19/h2-9,15H,10-14,16H2,1H3. The molecule has 3 aromatic rings. The van der Waals surface area contributed by atoms with E-state index in [-0.39, 0.29) is 5.91 Å². The second kappa shape index (κ2) is 9.52. The molecule has 4 rings (SSSR count). The van der Waals surface area contributed by atoms with Gasteiger partial charge in [0.05, 0.1) is 16.4 Å². The van der Waals surface area contributed by atoms with Crippen LogP contribution in [0.2, 0.25) is 0 Å². The van der Waals surface area contributed by atoms with Crippen LogP contribution >= 0.6 is 23.1 Å². The summed E-state index contributed by atoms with van der Waals surface area (Å²) in [6, 6.07) is 14.0. The van der Waals surface area contributed by atoms with Gasteiger partial charge >= 0.3 is 0 Å². The normalized spacial score (nSPS) is 14.9. The highest BCUT2D eigenvalue weighted by atomic mass is 32.2. The molecule has 150 valence electrons. The lowest BCUT2D eigenvalue weighted by atomic mass is 10.2. The van der Waals surface area contributed by atoms with Crippen molar-refractivity contribution in [2.75, 3.05) is 26.2 Å². The molecule has 3 heterocycles. The van der Waals surface area contributed by atoms with Crippen LogP contribution in [-0.2, 0) is 12.3 Å². The fourth-order valence-electron chi connectivity index (χ4n) is 3.34. The molecule has 1 aromatic carbocycles. The quantitative estimate of drug-likeness (QED) is 0.558. The molecule has 5 nitrogen and oxygen atoms in total. The molecular formula is C22H24N4OS2. The van der Waals surface area contributed by atoms with Crippen LogP contribution in [-0.4, -0.2) is 51.9 Å². The first-order chi connectivity index (χ1) is 14.2. The molecule has 1 saturated heterocycles. The molecule has 0 bridgehead atoms. The van der Waals surface area contributed by atoms with E-state index in [1.807, 2.05) is 60.5 Å². The lowest BCUT2D eigenvalue weighted by Crippen LogP contribution is -2.48. The van der Waals surface area contributed by atoms with Gasteiger partial charge in [0.1, 0.15) is 0 Å². The Morgan fingerprint density at radius 1 is 1.07 bits per heavy atom. The van der Waals surface area contributed by atoms with Crippen molar-refractivity contribution in [2.24, 2.45) is 0 Å². The lowest BCUT2D eigenvalue weighted by Gasteiger charge is -2.34. The molecule has 0 radical (unpaired) electrons. The maximum atomic E-state index is 12.8. The summed E-state index contributed by atoms with van der Waals surface area (Å²) in [4.78, 5) is 27.2. The van der Waals surface area contributed by atoms with Gasteiger partial charge in [0.2, 0.25) is 0 Å². The van der Waals surface area contributed by atoms with E-state index >= 15 is 0 Å². The number of piperazine rings is 1. The van der Waals surface area contributed by atoms with Crippen molar-refractivity contribution in [3.05, 3.63) is 76.0 Å². The molecule has 29 heavy (non-hydrogen) atoms. The molecule has 0 atom stereocenters. The topological polar surface area (TPSA) is 49.3 Å². The number of amides is 1. The highest BCUT2D eigenvalue weighted by Gasteiger charge is 2.22. The third kappa shape index (κ3) is 5.44. The van der Waals surface area contributed by atoms with Gasteiger partial charge in [-0.15, -0.1) is 23.1 Å². The Morgan fingerprint density at radius 3 is 2.52 bits per heavy atom. The average Bonchev–Trinajstić information content (AvgIpc) is 3.19. The molecule has 1 amide bonds. The highest BCUT2D eigenvalue weighted by molar-refractivity contribution is 7.98. The number of hydrogen-bond donors (Lipinski definition) is 0. The van der Waals surface area contributed by atoms with Gasteiger partial charge in [-0.3, -0.25) is 14.7 Å². The Bertz CT molecular complexity index is 935. The van der Waals surface area contributed by atoms with E-state index in [2.05, 4.69) is 20.2 Å². The van der Waals surface area contributed by atoms with Crippen molar-refractivity contribution < 1.29 is 4.79 Å². The lowest BCUT2D eigenvalue weighted by molar-refractivity contribution is 0.0627. The summed E-state index contributed by atoms with van der Waals surface area (Å²) >= 11 is 3.43. The fraction of sp³-hybridized carbons (Fsp3) is 0.318. The third-order valence-electron chi connectivity index (χ3n) is 4.93. The van der Waals surface area contributed by atoms with E-state index < -0.39 is 0 Å². The number of hydrogen-bond acceptors (Lipinski definition) is 6. The zero-order valence-corrected chi connectivity index (χ0v) is 18.1. The average molecular weight is 425 g/mol. The van der Waals surface area contributed by atoms with E-state index in [0.717, 1.165) is 65.3 Å². The van der Waals surface area contributed by atoms with Crippen molar-refractivity contribution >= 4 is 29.0 Å². The minimum absolute atomic E-state index is 0.120. The Labute approximate surface area is 179 Å². The molecule has 0 unspecified atom stereocenters. The van der Waals surface area contributed by atoms with Crippen molar-refractivity contribution in [2.45, 2.75) is 24.1 Å². The van der Waals surface area contributed by atoms with E-state index in [1.165, 1.54) is 0 Å². The maximum absolute atomic E-state index is 12.8. The van der Waals surface area contributed by atoms with E-state index in [4.69, 9.17) is 0 Å². The predicted octanol–water partition coefficient (Wildman–Crippen LogP) is 4.10. The molecule has 0 aliphatic carbocycles. The summed E-state index contributed by atoms with van der Waals surface area (Å²) in [5.41, 5.74) is 2.95. The fourth-order valence-corrected chi connectivity index (χ4v) is 4.85. The van der Waals surface area contributed by atoms with Gasteiger partial charge in [-0.05, 0) is 43.3 Å². The predicted molar refractivity (Wildman–Crippen MR) is 118 cm³/mol. The highest BCUT2D eigenvalue weighted by Crippen LogP contribution is 2.24. The third-order valence-corrected chi connectivity index (χ3v) is 6.79. The zero-order chi connectivity index (χ0) is 20.1. The molecular weight excluding hydrogens is 400 g/mol. The maximum Gasteiger partial charge on any atom is 0.253 e. The van der Waals surface area contributed by atoms with E-state index in [9.17, 15) is 4.79 Å². The summed E-state index contributed by atoms with van der Waals surface area (Å²) in [6.07, 6.45) is 1.83. The minimum Gasteiger partial charge on any atom is -0.336 e. The van der Waals surface area contributed by atoms with Gasteiger partial charge in [0, 0.05) is 60.5 Å². The Hall–Kier alpha value is -2.22. The number of carbonyl (C=O) groups excluding carboxylic acids is 1. The first kappa shape index (κ1) is 20.1. The number of thiazole rings is 1. The van der Waals surface area contributed by atoms with Crippen molar-refractivity contribution in [3.63, 3.8) is 0 Å². The van der Waals surface area contributed by atoms with E-state index in [1.54, 1.807) is 23.1 Å². The molecule has 0 saturated carbocycles. The van der Waals surface area contributed by atoms with E-state index in [0.29, 0.717) is 0 Å². The molecule has 0 spiro atoms. The Kier molecular flexibility index (Phi) is 6.59. The SMILES string of the molecule is Cc1nc(CSc2ccc(C(=O)N3CCN(Cc4ccccn4)CC3)cc2)cs1. The minimum atomic E-state index is 0.120. The second-order valence-electron chi connectivity index (χ2n) is 7.06. The smallest absolute Gasteiger partial charge is 0.253 e. The number of carbonyl (C=O) groups is 1. The van der Waals surface area contributed by atoms with Gasteiger partial charge in [-0.1, -0.05) is 6.07 Å². The summed E-state index contributed by atoms with van der Waals surface area (Å²) in [5.74, 6) is 0.977. The van der Waals surface area contributed by atoms with Crippen LogP contribution in [0.25, 0.3) is 0 Å². The van der Waals surface area contributed by atoms with Gasteiger partial charge in [0.25, 0.3) is 5.91 Å². The van der Waals surface area contributed by atoms with Crippen molar-refractivity contribution in [1.82, 2.24) is 19.8 Å². The Morgan fingerprint density at radius 2 is 1.86 bits per heavy atom. The molecule has 0 N–H and O–H groups in total. The first-order valence-electron chi connectivity index (χ1n) is 9.73. The van der Waals surface area contributed by atoms with Crippen LogP contribution in [0.15, 0.2) is 58.9 Å². The number of thioether (sulfide) groups is 1. The van der Waals surface area contributed by atoms with Crippen LogP contribution in [0.3, 0.4) is 0 Å². The second-order valence-corrected chi connectivity index (χ2v) is 9.17. The van der Waals surface area contributed by atoms with Gasteiger partial charge in [-0.2, -0.15) is 0 Å². The summed E-state index contributed by atoms with van der Waals surface area (Å²) < 4.78 is 0. The molecule has 7 heteroatoms. The molecule has 1 aliphatic rings. The number of pyridine rings is 1. The monoisotopic (exact) mass is 424 g/mol. The van der Waals surface area contributed by atoms with Crippen molar-refractivity contribution in [1.29, 1.82) is 0 Å².